The van der Waals surface area contributed by atoms with Gasteiger partial charge in [0.05, 0.1) is 12.3 Å². The molecule has 0 aliphatic rings. The van der Waals surface area contributed by atoms with E-state index in [0.717, 1.165) is 18.8 Å². The van der Waals surface area contributed by atoms with Crippen molar-refractivity contribution in [3.63, 3.8) is 0 Å². The molecule has 3 heteroatoms. The second-order valence-electron chi connectivity index (χ2n) is 5.81. The van der Waals surface area contributed by atoms with Crippen LogP contribution in [0.1, 0.15) is 17.4 Å². The van der Waals surface area contributed by atoms with Crippen molar-refractivity contribution < 1.29 is 4.42 Å². The molecule has 1 aromatic heterocycles. The molecule has 0 spiro atoms. The third-order valence-corrected chi connectivity index (χ3v) is 3.98. The van der Waals surface area contributed by atoms with Gasteiger partial charge < -0.3 is 9.73 Å². The first kappa shape index (κ1) is 14.8. The number of benzene rings is 2. The fraction of sp³-hybridized carbons (Fsp3) is 0.263. The van der Waals surface area contributed by atoms with E-state index >= 15 is 0 Å². The molecular formula is C19H22N2O. The lowest BCUT2D eigenvalue weighted by atomic mass is 10.1. The second kappa shape index (κ2) is 6.77. The first-order valence-electron chi connectivity index (χ1n) is 7.62. The lowest BCUT2D eigenvalue weighted by Gasteiger charge is -2.22. The predicted octanol–water partition coefficient (Wildman–Crippen LogP) is 3.83. The van der Waals surface area contributed by atoms with E-state index in [1.807, 2.05) is 12.1 Å². The summed E-state index contributed by atoms with van der Waals surface area (Å²) in [5.74, 6) is 0.996. The van der Waals surface area contributed by atoms with Crippen molar-refractivity contribution >= 4 is 10.8 Å². The van der Waals surface area contributed by atoms with Crippen molar-refractivity contribution in [3.8, 4) is 0 Å². The number of hydrogen-bond acceptors (Lipinski definition) is 3. The van der Waals surface area contributed by atoms with Gasteiger partial charge in [0.15, 0.2) is 0 Å². The third kappa shape index (κ3) is 3.38. The van der Waals surface area contributed by atoms with Crippen LogP contribution in [-0.4, -0.2) is 25.5 Å². The molecule has 3 rings (SSSR count). The predicted molar refractivity (Wildman–Crippen MR) is 90.8 cm³/mol. The topological polar surface area (TPSA) is 28.4 Å². The summed E-state index contributed by atoms with van der Waals surface area (Å²) < 4.78 is 5.54. The minimum atomic E-state index is 0.246. The molecule has 0 aliphatic heterocycles. The Morgan fingerprint density at radius 2 is 1.82 bits per heavy atom. The summed E-state index contributed by atoms with van der Waals surface area (Å²) in [5.41, 5.74) is 1.30. The summed E-state index contributed by atoms with van der Waals surface area (Å²) in [6.45, 7) is 1.71. The molecule has 0 radical (unpaired) electrons. The van der Waals surface area contributed by atoms with Crippen LogP contribution in [-0.2, 0) is 6.54 Å². The maximum absolute atomic E-state index is 5.54. The zero-order valence-electron chi connectivity index (χ0n) is 13.1. The molecule has 22 heavy (non-hydrogen) atoms. The molecule has 114 valence electrons. The number of rotatable bonds is 6. The summed E-state index contributed by atoms with van der Waals surface area (Å²) in [6, 6.07) is 19.3. The summed E-state index contributed by atoms with van der Waals surface area (Å²) in [7, 11) is 4.15. The molecule has 0 fully saturated rings. The Kier molecular flexibility index (Phi) is 4.56. The average Bonchev–Trinajstić information content (AvgIpc) is 3.05. The van der Waals surface area contributed by atoms with E-state index in [1.165, 1.54) is 16.3 Å². The monoisotopic (exact) mass is 294 g/mol. The van der Waals surface area contributed by atoms with Crippen LogP contribution in [0.5, 0.6) is 0 Å². The van der Waals surface area contributed by atoms with E-state index in [9.17, 15) is 0 Å². The van der Waals surface area contributed by atoms with Gasteiger partial charge >= 0.3 is 0 Å². The van der Waals surface area contributed by atoms with Crippen LogP contribution < -0.4 is 5.32 Å². The standard InChI is InChI=1S/C19H22N2O/c1-21(2)18(19-8-5-11-22-19)14-20-13-15-9-10-16-6-3-4-7-17(16)12-15/h3-12,18,20H,13-14H2,1-2H3. The van der Waals surface area contributed by atoms with E-state index in [2.05, 4.69) is 66.8 Å². The molecule has 1 N–H and O–H groups in total. The first-order valence-corrected chi connectivity index (χ1v) is 7.62. The Labute approximate surface area is 131 Å². The third-order valence-electron chi connectivity index (χ3n) is 3.98. The minimum absolute atomic E-state index is 0.246. The van der Waals surface area contributed by atoms with E-state index < -0.39 is 0 Å². The van der Waals surface area contributed by atoms with Gasteiger partial charge in [0, 0.05) is 13.1 Å². The van der Waals surface area contributed by atoms with Crippen molar-refractivity contribution in [3.05, 3.63) is 72.2 Å². The van der Waals surface area contributed by atoms with Crippen LogP contribution in [0.4, 0.5) is 0 Å². The summed E-state index contributed by atoms with van der Waals surface area (Å²) in [6.07, 6.45) is 1.73. The molecule has 0 aliphatic carbocycles. The number of likely N-dealkylation sites (N-methyl/N-ethyl adjacent to an activating group) is 1. The van der Waals surface area contributed by atoms with Crippen molar-refractivity contribution in [2.45, 2.75) is 12.6 Å². The summed E-state index contributed by atoms with van der Waals surface area (Å²) in [5, 5.41) is 6.11. The molecule has 0 saturated heterocycles. The van der Waals surface area contributed by atoms with Crippen molar-refractivity contribution in [2.75, 3.05) is 20.6 Å². The second-order valence-corrected chi connectivity index (χ2v) is 5.81. The highest BCUT2D eigenvalue weighted by Gasteiger charge is 2.16. The lowest BCUT2D eigenvalue weighted by molar-refractivity contribution is 0.250. The molecule has 1 atom stereocenters. The minimum Gasteiger partial charge on any atom is -0.468 e. The van der Waals surface area contributed by atoms with Gasteiger partial charge in [-0.1, -0.05) is 36.4 Å². The largest absolute Gasteiger partial charge is 0.468 e. The fourth-order valence-electron chi connectivity index (χ4n) is 2.72. The van der Waals surface area contributed by atoms with Crippen LogP contribution in [0.25, 0.3) is 10.8 Å². The Morgan fingerprint density at radius 3 is 2.55 bits per heavy atom. The van der Waals surface area contributed by atoms with Gasteiger partial charge in [-0.2, -0.15) is 0 Å². The molecule has 0 bridgehead atoms. The SMILES string of the molecule is CN(C)C(CNCc1ccc2ccccc2c1)c1ccco1. The smallest absolute Gasteiger partial charge is 0.122 e. The summed E-state index contributed by atoms with van der Waals surface area (Å²) in [4.78, 5) is 2.17. The quantitative estimate of drug-likeness (QED) is 0.749. The van der Waals surface area contributed by atoms with Gasteiger partial charge in [0.2, 0.25) is 0 Å². The van der Waals surface area contributed by atoms with Crippen LogP contribution >= 0.6 is 0 Å². The normalized spacial score (nSPS) is 12.9. The van der Waals surface area contributed by atoms with Crippen molar-refractivity contribution in [2.24, 2.45) is 0 Å². The zero-order valence-corrected chi connectivity index (χ0v) is 13.1. The van der Waals surface area contributed by atoms with Crippen molar-refractivity contribution in [1.29, 1.82) is 0 Å². The maximum atomic E-state index is 5.54. The van der Waals surface area contributed by atoms with E-state index in [0.29, 0.717) is 0 Å². The number of nitrogens with zero attached hydrogens (tertiary/aromatic N) is 1. The molecule has 3 nitrogen and oxygen atoms in total. The fourth-order valence-corrected chi connectivity index (χ4v) is 2.72. The van der Waals surface area contributed by atoms with Gasteiger partial charge in [-0.3, -0.25) is 4.90 Å². The average molecular weight is 294 g/mol. The maximum Gasteiger partial charge on any atom is 0.122 e. The highest BCUT2D eigenvalue weighted by atomic mass is 16.3. The first-order chi connectivity index (χ1) is 10.7. The van der Waals surface area contributed by atoms with Gasteiger partial charge in [-0.15, -0.1) is 0 Å². The van der Waals surface area contributed by atoms with Gasteiger partial charge in [0.25, 0.3) is 0 Å². The highest BCUT2D eigenvalue weighted by Crippen LogP contribution is 2.18. The Balaban J connectivity index is 1.63. The van der Waals surface area contributed by atoms with Crippen molar-refractivity contribution in [1.82, 2.24) is 10.2 Å². The van der Waals surface area contributed by atoms with Crippen LogP contribution in [0.2, 0.25) is 0 Å². The number of nitrogens with one attached hydrogen (secondary N) is 1. The number of hydrogen-bond donors (Lipinski definition) is 1. The molecule has 0 saturated carbocycles. The Bertz CT molecular complexity index is 719. The molecule has 1 heterocycles. The summed E-state index contributed by atoms with van der Waals surface area (Å²) >= 11 is 0. The Morgan fingerprint density at radius 1 is 1.00 bits per heavy atom. The Hall–Kier alpha value is -2.10. The molecular weight excluding hydrogens is 272 g/mol. The highest BCUT2D eigenvalue weighted by molar-refractivity contribution is 5.82. The zero-order chi connectivity index (χ0) is 15.4. The lowest BCUT2D eigenvalue weighted by Crippen LogP contribution is -2.30. The van der Waals surface area contributed by atoms with Gasteiger partial charge in [0.1, 0.15) is 5.76 Å². The molecule has 0 amide bonds. The van der Waals surface area contributed by atoms with E-state index in [-0.39, 0.29) is 6.04 Å². The van der Waals surface area contributed by atoms with E-state index in [1.54, 1.807) is 6.26 Å². The molecule has 3 aromatic rings. The van der Waals surface area contributed by atoms with Gasteiger partial charge in [-0.25, -0.2) is 0 Å². The van der Waals surface area contributed by atoms with Crippen LogP contribution in [0.3, 0.4) is 0 Å². The number of fused-ring (bicyclic) bond motifs is 1. The molecule has 1 unspecified atom stereocenters. The van der Waals surface area contributed by atoms with Gasteiger partial charge in [-0.05, 0) is 48.6 Å². The molecule has 2 aromatic carbocycles. The van der Waals surface area contributed by atoms with Crippen LogP contribution in [0, 0.1) is 0 Å². The van der Waals surface area contributed by atoms with Crippen LogP contribution in [0.15, 0.2) is 65.3 Å². The van der Waals surface area contributed by atoms with E-state index in [4.69, 9.17) is 4.42 Å². The number of furan rings is 1.